The molecule has 1 saturated carbocycles. The number of rotatable bonds is 14. The summed E-state index contributed by atoms with van der Waals surface area (Å²) in [6, 6.07) is 12.3. The first-order chi connectivity index (χ1) is 18.4. The van der Waals surface area contributed by atoms with E-state index in [4.69, 9.17) is 25.7 Å². The smallest absolute Gasteiger partial charge is 0.330 e. The summed E-state index contributed by atoms with van der Waals surface area (Å²) < 4.78 is 16.9. The number of esters is 2. The SMILES string of the molecule is CCCCCCCOC1CCC(C(=O)Oc2ccc(C=CC(=O)OCCc3cc(N)ccc3N)cc2)CC1. The minimum atomic E-state index is -0.445. The molecule has 206 valence electrons. The second kappa shape index (κ2) is 15.8. The molecule has 0 aliphatic heterocycles. The molecule has 0 heterocycles. The zero-order valence-corrected chi connectivity index (χ0v) is 22.5. The first-order valence-electron chi connectivity index (χ1n) is 13.9. The van der Waals surface area contributed by atoms with Gasteiger partial charge in [-0.05, 0) is 79.6 Å². The van der Waals surface area contributed by atoms with Gasteiger partial charge < -0.3 is 25.7 Å². The van der Waals surface area contributed by atoms with Gasteiger partial charge in [-0.25, -0.2) is 4.79 Å². The Kier molecular flexibility index (Phi) is 12.2. The van der Waals surface area contributed by atoms with Gasteiger partial charge in [0.05, 0.1) is 18.6 Å². The van der Waals surface area contributed by atoms with Crippen molar-refractivity contribution in [2.75, 3.05) is 24.7 Å². The molecule has 1 aliphatic rings. The zero-order valence-electron chi connectivity index (χ0n) is 22.5. The topological polar surface area (TPSA) is 114 Å². The Morgan fingerprint density at radius 2 is 1.66 bits per heavy atom. The number of hydrogen-bond acceptors (Lipinski definition) is 7. The highest BCUT2D eigenvalue weighted by Crippen LogP contribution is 2.28. The van der Waals surface area contributed by atoms with Crippen LogP contribution in [0.25, 0.3) is 6.08 Å². The Bertz CT molecular complexity index is 1040. The van der Waals surface area contributed by atoms with Crippen LogP contribution in [0.1, 0.15) is 75.8 Å². The molecular weight excluding hydrogens is 480 g/mol. The van der Waals surface area contributed by atoms with E-state index < -0.39 is 5.97 Å². The van der Waals surface area contributed by atoms with Crippen molar-refractivity contribution in [3.63, 3.8) is 0 Å². The van der Waals surface area contributed by atoms with Crippen molar-refractivity contribution in [1.82, 2.24) is 0 Å². The van der Waals surface area contributed by atoms with E-state index >= 15 is 0 Å². The number of carbonyl (C=O) groups is 2. The molecule has 2 aromatic carbocycles. The standard InChI is InChI=1S/C31H42N2O5/c1-2-3-4-5-6-20-36-27-15-10-24(11-16-27)31(35)38-28-13-7-23(8-14-28)9-18-30(34)37-21-19-25-22-26(32)12-17-29(25)33/h7-9,12-14,17-18,22,24,27H,2-6,10-11,15-16,19-21,32-33H2,1H3. The number of ether oxygens (including phenoxy) is 3. The molecule has 0 saturated heterocycles. The maximum atomic E-state index is 12.6. The molecular formula is C31H42N2O5. The monoisotopic (exact) mass is 522 g/mol. The maximum absolute atomic E-state index is 12.6. The molecule has 0 aromatic heterocycles. The van der Waals surface area contributed by atoms with Crippen molar-refractivity contribution in [2.45, 2.75) is 77.2 Å². The lowest BCUT2D eigenvalue weighted by Gasteiger charge is -2.27. The number of nitrogens with two attached hydrogens (primary N) is 2. The average Bonchev–Trinajstić information content (AvgIpc) is 2.92. The van der Waals surface area contributed by atoms with Gasteiger partial charge >= 0.3 is 11.9 Å². The number of nitrogen functional groups attached to an aromatic ring is 2. The summed E-state index contributed by atoms with van der Waals surface area (Å²) in [6.07, 6.45) is 13.4. The quantitative estimate of drug-likeness (QED) is 0.101. The van der Waals surface area contributed by atoms with Crippen LogP contribution in [0.5, 0.6) is 5.75 Å². The highest BCUT2D eigenvalue weighted by atomic mass is 16.5. The number of carbonyl (C=O) groups excluding carboxylic acids is 2. The predicted molar refractivity (Wildman–Crippen MR) is 151 cm³/mol. The average molecular weight is 523 g/mol. The van der Waals surface area contributed by atoms with Gasteiger partial charge in [-0.1, -0.05) is 44.7 Å². The van der Waals surface area contributed by atoms with Crippen LogP contribution < -0.4 is 16.2 Å². The summed E-state index contributed by atoms with van der Waals surface area (Å²) in [5.41, 5.74) is 14.6. The summed E-state index contributed by atoms with van der Waals surface area (Å²) in [6.45, 7) is 3.25. The highest BCUT2D eigenvalue weighted by molar-refractivity contribution is 5.87. The van der Waals surface area contributed by atoms with E-state index in [2.05, 4.69) is 6.92 Å². The summed E-state index contributed by atoms with van der Waals surface area (Å²) in [4.78, 5) is 24.7. The van der Waals surface area contributed by atoms with Crippen molar-refractivity contribution < 1.29 is 23.8 Å². The molecule has 3 rings (SSSR count). The summed E-state index contributed by atoms with van der Waals surface area (Å²) in [7, 11) is 0. The molecule has 7 heteroatoms. The van der Waals surface area contributed by atoms with Gasteiger partial charge in [-0.15, -0.1) is 0 Å². The Labute approximate surface area is 226 Å². The molecule has 0 bridgehead atoms. The Morgan fingerprint density at radius 1 is 0.921 bits per heavy atom. The normalized spacial score (nSPS) is 17.4. The molecule has 0 spiro atoms. The van der Waals surface area contributed by atoms with Gasteiger partial charge in [0.15, 0.2) is 0 Å². The fraction of sp³-hybridized carbons (Fsp3) is 0.484. The molecule has 0 amide bonds. The third kappa shape index (κ3) is 10.2. The summed E-state index contributed by atoms with van der Waals surface area (Å²) in [5.74, 6) is -0.217. The molecule has 0 unspecified atom stereocenters. The second-order valence-electron chi connectivity index (χ2n) is 9.96. The van der Waals surface area contributed by atoms with Gasteiger partial charge in [-0.2, -0.15) is 0 Å². The van der Waals surface area contributed by atoms with Crippen molar-refractivity contribution in [3.8, 4) is 5.75 Å². The minimum Gasteiger partial charge on any atom is -0.462 e. The van der Waals surface area contributed by atoms with Crippen LogP contribution in [0.4, 0.5) is 11.4 Å². The fourth-order valence-electron chi connectivity index (χ4n) is 4.58. The van der Waals surface area contributed by atoms with E-state index in [0.717, 1.165) is 49.8 Å². The van der Waals surface area contributed by atoms with Gasteiger partial charge in [0.25, 0.3) is 0 Å². The van der Waals surface area contributed by atoms with Crippen molar-refractivity contribution in [1.29, 1.82) is 0 Å². The lowest BCUT2D eigenvalue weighted by molar-refractivity contribution is -0.141. The third-order valence-corrected chi connectivity index (χ3v) is 6.90. The summed E-state index contributed by atoms with van der Waals surface area (Å²) >= 11 is 0. The Balaban J connectivity index is 1.33. The Morgan fingerprint density at radius 3 is 2.39 bits per heavy atom. The molecule has 7 nitrogen and oxygen atoms in total. The van der Waals surface area contributed by atoms with Crippen LogP contribution in [-0.2, 0) is 25.5 Å². The number of unbranched alkanes of at least 4 members (excludes halogenated alkanes) is 4. The van der Waals surface area contributed by atoms with E-state index in [9.17, 15) is 9.59 Å². The number of benzene rings is 2. The first-order valence-corrected chi connectivity index (χ1v) is 13.9. The van der Waals surface area contributed by atoms with Crippen LogP contribution in [0.2, 0.25) is 0 Å². The molecule has 0 atom stereocenters. The lowest BCUT2D eigenvalue weighted by atomic mass is 9.87. The van der Waals surface area contributed by atoms with Gasteiger partial charge in [0.1, 0.15) is 5.75 Å². The third-order valence-electron chi connectivity index (χ3n) is 6.90. The zero-order chi connectivity index (χ0) is 27.2. The number of anilines is 2. The van der Waals surface area contributed by atoms with E-state index in [-0.39, 0.29) is 24.6 Å². The second-order valence-corrected chi connectivity index (χ2v) is 9.96. The largest absolute Gasteiger partial charge is 0.462 e. The van der Waals surface area contributed by atoms with E-state index in [1.54, 1.807) is 48.5 Å². The van der Waals surface area contributed by atoms with E-state index in [0.29, 0.717) is 23.5 Å². The van der Waals surface area contributed by atoms with E-state index in [1.807, 2.05) is 0 Å². The van der Waals surface area contributed by atoms with E-state index in [1.165, 1.54) is 31.8 Å². The predicted octanol–water partition coefficient (Wildman–Crippen LogP) is 6.10. The highest BCUT2D eigenvalue weighted by Gasteiger charge is 2.28. The van der Waals surface area contributed by atoms with Crippen molar-refractivity contribution in [2.24, 2.45) is 5.92 Å². The van der Waals surface area contributed by atoms with Crippen molar-refractivity contribution >= 4 is 29.4 Å². The molecule has 38 heavy (non-hydrogen) atoms. The molecule has 1 aliphatic carbocycles. The van der Waals surface area contributed by atoms with Crippen LogP contribution in [-0.4, -0.2) is 31.3 Å². The van der Waals surface area contributed by atoms with Crippen LogP contribution >= 0.6 is 0 Å². The minimum absolute atomic E-state index is 0.0866. The lowest BCUT2D eigenvalue weighted by Crippen LogP contribution is -2.29. The fourth-order valence-corrected chi connectivity index (χ4v) is 4.58. The van der Waals surface area contributed by atoms with Gasteiger partial charge in [0.2, 0.25) is 0 Å². The van der Waals surface area contributed by atoms with Crippen molar-refractivity contribution in [3.05, 3.63) is 59.7 Å². The van der Waals surface area contributed by atoms with Crippen LogP contribution in [0, 0.1) is 5.92 Å². The summed E-state index contributed by atoms with van der Waals surface area (Å²) in [5, 5.41) is 0. The van der Waals surface area contributed by atoms with Crippen LogP contribution in [0.3, 0.4) is 0 Å². The van der Waals surface area contributed by atoms with Crippen LogP contribution in [0.15, 0.2) is 48.5 Å². The number of hydrogen-bond donors (Lipinski definition) is 2. The molecule has 1 fully saturated rings. The molecule has 2 aromatic rings. The van der Waals surface area contributed by atoms with Gasteiger partial charge in [0, 0.05) is 30.5 Å². The maximum Gasteiger partial charge on any atom is 0.330 e. The molecule has 0 radical (unpaired) electrons. The first kappa shape index (κ1) is 29.2. The molecule has 4 N–H and O–H groups in total. The Hall–Kier alpha value is -3.32. The van der Waals surface area contributed by atoms with Gasteiger partial charge in [-0.3, -0.25) is 4.79 Å².